The normalized spacial score (nSPS) is 16.2. The Balaban J connectivity index is 1.97. The van der Waals surface area contributed by atoms with Gasteiger partial charge in [-0.1, -0.05) is 18.8 Å². The summed E-state index contributed by atoms with van der Waals surface area (Å²) in [6.07, 6.45) is 8.73. The lowest BCUT2D eigenvalue weighted by Gasteiger charge is -2.25. The summed E-state index contributed by atoms with van der Waals surface area (Å²) in [5, 5.41) is 10.3. The second kappa shape index (κ2) is 6.64. The molecule has 1 aromatic rings. The van der Waals surface area contributed by atoms with Crippen LogP contribution in [0.3, 0.4) is 0 Å². The maximum atomic E-state index is 12.3. The average molecular weight is 287 g/mol. The van der Waals surface area contributed by atoms with E-state index in [4.69, 9.17) is 11.2 Å². The van der Waals surface area contributed by atoms with Crippen molar-refractivity contribution in [1.82, 2.24) is 0 Å². The highest BCUT2D eigenvalue weighted by molar-refractivity contribution is 5.93. The number of hydrogen-bond donors (Lipinski definition) is 1. The van der Waals surface area contributed by atoms with E-state index in [2.05, 4.69) is 5.92 Å². The Labute approximate surface area is 125 Å². The molecule has 0 aliphatic heterocycles. The molecule has 0 spiro atoms. The van der Waals surface area contributed by atoms with Gasteiger partial charge in [0.05, 0.1) is 12.0 Å². The highest BCUT2D eigenvalue weighted by Crippen LogP contribution is 2.33. The molecule has 2 rings (SSSR count). The number of amides is 1. The van der Waals surface area contributed by atoms with Crippen LogP contribution in [0, 0.1) is 12.3 Å². The molecular formula is C17H21NO3. The van der Waals surface area contributed by atoms with Crippen molar-refractivity contribution in [2.45, 2.75) is 37.7 Å². The molecule has 1 aromatic carbocycles. The second-order valence-electron chi connectivity index (χ2n) is 5.55. The molecule has 21 heavy (non-hydrogen) atoms. The summed E-state index contributed by atoms with van der Waals surface area (Å²) >= 11 is 0. The van der Waals surface area contributed by atoms with E-state index in [1.165, 1.54) is 0 Å². The first-order chi connectivity index (χ1) is 10.0. The minimum absolute atomic E-state index is 0.0725. The van der Waals surface area contributed by atoms with Gasteiger partial charge in [0, 0.05) is 12.7 Å². The first-order valence-electron chi connectivity index (χ1n) is 7.19. The molecule has 0 saturated heterocycles. The Bertz CT molecular complexity index is 524. The lowest BCUT2D eigenvalue weighted by molar-refractivity contribution is -0.123. The van der Waals surface area contributed by atoms with Crippen LogP contribution in [0.1, 0.15) is 32.1 Å². The predicted octanol–water partition coefficient (Wildman–Crippen LogP) is 2.36. The van der Waals surface area contributed by atoms with E-state index in [0.717, 1.165) is 18.5 Å². The Morgan fingerprint density at radius 3 is 2.57 bits per heavy atom. The van der Waals surface area contributed by atoms with Crippen LogP contribution in [0.5, 0.6) is 5.75 Å². The van der Waals surface area contributed by atoms with Gasteiger partial charge < -0.3 is 14.7 Å². The molecule has 0 radical (unpaired) electrons. The van der Waals surface area contributed by atoms with E-state index < -0.39 is 5.60 Å². The van der Waals surface area contributed by atoms with E-state index in [1.807, 2.05) is 12.1 Å². The molecular weight excluding hydrogens is 266 g/mol. The van der Waals surface area contributed by atoms with Crippen molar-refractivity contribution in [2.75, 3.05) is 18.6 Å². The van der Waals surface area contributed by atoms with E-state index >= 15 is 0 Å². The van der Waals surface area contributed by atoms with Gasteiger partial charge in [0.25, 0.3) is 0 Å². The lowest BCUT2D eigenvalue weighted by atomic mass is 9.97. The van der Waals surface area contributed by atoms with E-state index in [-0.39, 0.29) is 18.9 Å². The van der Waals surface area contributed by atoms with Gasteiger partial charge in [-0.05, 0) is 37.1 Å². The number of benzene rings is 1. The molecule has 1 fully saturated rings. The highest BCUT2D eigenvalue weighted by atomic mass is 16.5. The van der Waals surface area contributed by atoms with Gasteiger partial charge in [0.1, 0.15) is 12.4 Å². The maximum absolute atomic E-state index is 12.3. The fourth-order valence-electron chi connectivity index (χ4n) is 2.64. The molecule has 4 nitrogen and oxygen atoms in total. The monoisotopic (exact) mass is 287 g/mol. The van der Waals surface area contributed by atoms with E-state index in [0.29, 0.717) is 18.6 Å². The summed E-state index contributed by atoms with van der Waals surface area (Å²) in [5.74, 6) is 3.00. The number of anilines is 1. The van der Waals surface area contributed by atoms with Crippen LogP contribution >= 0.6 is 0 Å². The number of carbonyl (C=O) groups is 1. The zero-order valence-corrected chi connectivity index (χ0v) is 12.3. The van der Waals surface area contributed by atoms with E-state index in [9.17, 15) is 9.90 Å². The lowest BCUT2D eigenvalue weighted by Crippen LogP contribution is -2.35. The van der Waals surface area contributed by atoms with Crippen molar-refractivity contribution >= 4 is 11.6 Å². The van der Waals surface area contributed by atoms with Crippen LogP contribution in [-0.2, 0) is 4.79 Å². The summed E-state index contributed by atoms with van der Waals surface area (Å²) in [4.78, 5) is 13.8. The summed E-state index contributed by atoms with van der Waals surface area (Å²) in [5.41, 5.74) is -0.0454. The van der Waals surface area contributed by atoms with Crippen LogP contribution in [0.25, 0.3) is 0 Å². The third kappa shape index (κ3) is 3.99. The third-order valence-electron chi connectivity index (χ3n) is 3.93. The maximum Gasteiger partial charge on any atom is 0.229 e. The van der Waals surface area contributed by atoms with E-state index in [1.54, 1.807) is 24.1 Å². The van der Waals surface area contributed by atoms with Gasteiger partial charge in [-0.2, -0.15) is 0 Å². The van der Waals surface area contributed by atoms with Crippen molar-refractivity contribution in [1.29, 1.82) is 0 Å². The predicted molar refractivity (Wildman–Crippen MR) is 82.2 cm³/mol. The molecule has 4 heteroatoms. The minimum atomic E-state index is -0.818. The molecule has 1 aliphatic rings. The van der Waals surface area contributed by atoms with Crippen molar-refractivity contribution in [3.05, 3.63) is 24.3 Å². The van der Waals surface area contributed by atoms with Gasteiger partial charge in [-0.15, -0.1) is 6.42 Å². The zero-order valence-electron chi connectivity index (χ0n) is 12.3. The van der Waals surface area contributed by atoms with Crippen LogP contribution in [0.15, 0.2) is 24.3 Å². The number of terminal acetylenes is 1. The zero-order chi connectivity index (χ0) is 15.3. The molecule has 1 aliphatic carbocycles. The molecule has 0 atom stereocenters. The summed E-state index contributed by atoms with van der Waals surface area (Å²) in [6.45, 7) is 0.223. The standard InChI is InChI=1S/C17H21NO3/c1-3-12-21-15-8-6-14(7-9-15)18(2)16(19)13-17(20)10-4-5-11-17/h1,6-9,20H,4-5,10-13H2,2H3. The first-order valence-corrected chi connectivity index (χ1v) is 7.19. The Morgan fingerprint density at radius 1 is 1.38 bits per heavy atom. The van der Waals surface area contributed by atoms with Gasteiger partial charge in [-0.3, -0.25) is 4.79 Å². The minimum Gasteiger partial charge on any atom is -0.481 e. The molecule has 0 bridgehead atoms. The van der Waals surface area contributed by atoms with Crippen LogP contribution in [0.4, 0.5) is 5.69 Å². The SMILES string of the molecule is C#CCOc1ccc(N(C)C(=O)CC2(O)CCCC2)cc1. The molecule has 1 amide bonds. The Kier molecular flexibility index (Phi) is 4.87. The fourth-order valence-corrected chi connectivity index (χ4v) is 2.64. The molecule has 0 aromatic heterocycles. The molecule has 0 unspecified atom stereocenters. The number of ether oxygens (including phenoxy) is 1. The van der Waals surface area contributed by atoms with Gasteiger partial charge in [-0.25, -0.2) is 0 Å². The van der Waals surface area contributed by atoms with Gasteiger partial charge >= 0.3 is 0 Å². The van der Waals surface area contributed by atoms with Crippen molar-refractivity contribution in [3.8, 4) is 18.1 Å². The summed E-state index contributed by atoms with van der Waals surface area (Å²) in [6, 6.07) is 7.17. The molecule has 1 N–H and O–H groups in total. The van der Waals surface area contributed by atoms with Crippen molar-refractivity contribution in [2.24, 2.45) is 0 Å². The Morgan fingerprint density at radius 2 is 2.00 bits per heavy atom. The fraction of sp³-hybridized carbons (Fsp3) is 0.471. The second-order valence-corrected chi connectivity index (χ2v) is 5.55. The summed E-state index contributed by atoms with van der Waals surface area (Å²) in [7, 11) is 1.72. The summed E-state index contributed by atoms with van der Waals surface area (Å²) < 4.78 is 5.29. The number of carbonyl (C=O) groups excluding carboxylic acids is 1. The molecule has 1 saturated carbocycles. The number of rotatable bonds is 5. The van der Waals surface area contributed by atoms with Crippen molar-refractivity contribution < 1.29 is 14.6 Å². The van der Waals surface area contributed by atoms with Crippen LogP contribution in [0.2, 0.25) is 0 Å². The number of nitrogens with zero attached hydrogens (tertiary/aromatic N) is 1. The van der Waals surface area contributed by atoms with Crippen molar-refractivity contribution in [3.63, 3.8) is 0 Å². The Hall–Kier alpha value is -1.99. The smallest absolute Gasteiger partial charge is 0.229 e. The van der Waals surface area contributed by atoms with Crippen LogP contribution < -0.4 is 9.64 Å². The topological polar surface area (TPSA) is 49.8 Å². The quantitative estimate of drug-likeness (QED) is 0.846. The molecule has 112 valence electrons. The third-order valence-corrected chi connectivity index (χ3v) is 3.93. The van der Waals surface area contributed by atoms with Crippen LogP contribution in [-0.4, -0.2) is 30.3 Å². The molecule has 0 heterocycles. The highest BCUT2D eigenvalue weighted by Gasteiger charge is 2.34. The number of aliphatic hydroxyl groups is 1. The average Bonchev–Trinajstić information content (AvgIpc) is 2.91. The van der Waals surface area contributed by atoms with Gasteiger partial charge in [0.2, 0.25) is 5.91 Å². The first kappa shape index (κ1) is 15.4. The largest absolute Gasteiger partial charge is 0.481 e. The number of hydrogen-bond acceptors (Lipinski definition) is 3. The van der Waals surface area contributed by atoms with Gasteiger partial charge in [0.15, 0.2) is 0 Å².